The first-order valence-corrected chi connectivity index (χ1v) is 12.7. The third-order valence-electron chi connectivity index (χ3n) is 7.96. The van der Waals surface area contributed by atoms with Crippen molar-refractivity contribution in [3.05, 3.63) is 107 Å². The van der Waals surface area contributed by atoms with Crippen LogP contribution in [0.25, 0.3) is 11.0 Å². The van der Waals surface area contributed by atoms with E-state index >= 15 is 0 Å². The van der Waals surface area contributed by atoms with Crippen molar-refractivity contribution in [2.45, 2.75) is 43.4 Å². The third kappa shape index (κ3) is 4.06. The average molecular weight is 479 g/mol. The summed E-state index contributed by atoms with van der Waals surface area (Å²) in [6.45, 7) is 2.54. The van der Waals surface area contributed by atoms with Crippen molar-refractivity contribution in [3.8, 4) is 0 Å². The van der Waals surface area contributed by atoms with E-state index in [1.165, 1.54) is 11.1 Å². The van der Waals surface area contributed by atoms with Gasteiger partial charge in [-0.3, -0.25) is 19.7 Å². The Bertz CT molecular complexity index is 1380. The van der Waals surface area contributed by atoms with Crippen LogP contribution in [-0.2, 0) is 23.2 Å². The summed E-state index contributed by atoms with van der Waals surface area (Å²) in [6.07, 6.45) is 4.81. The number of aromatic nitrogens is 2. The smallest absolute Gasteiger partial charge is 0.224 e. The van der Waals surface area contributed by atoms with E-state index in [2.05, 4.69) is 38.4 Å². The molecule has 2 atom stereocenters. The second-order valence-corrected chi connectivity index (χ2v) is 10.0. The number of carbonyl (C=O) groups excluding carboxylic acids is 1. The molecule has 0 radical (unpaired) electrons. The van der Waals surface area contributed by atoms with Gasteiger partial charge in [-0.15, -0.1) is 0 Å². The number of aliphatic hydroxyl groups is 1. The highest BCUT2D eigenvalue weighted by molar-refractivity contribution is 5.79. The Morgan fingerprint density at radius 1 is 0.944 bits per heavy atom. The molecule has 6 heteroatoms. The number of carbonyl (C=O) groups is 1. The van der Waals surface area contributed by atoms with Crippen LogP contribution in [0, 0.1) is 0 Å². The second kappa shape index (κ2) is 9.45. The molecule has 4 aromatic rings. The fourth-order valence-corrected chi connectivity index (χ4v) is 6.13. The van der Waals surface area contributed by atoms with Crippen molar-refractivity contribution < 1.29 is 9.90 Å². The first kappa shape index (κ1) is 22.8. The molecule has 6 rings (SSSR count). The van der Waals surface area contributed by atoms with Crippen molar-refractivity contribution in [2.75, 3.05) is 13.1 Å². The van der Waals surface area contributed by atoms with Crippen LogP contribution in [0.1, 0.15) is 41.1 Å². The summed E-state index contributed by atoms with van der Waals surface area (Å²) in [5, 5.41) is 14.8. The van der Waals surface area contributed by atoms with Crippen molar-refractivity contribution in [1.82, 2.24) is 20.2 Å². The Hall–Kier alpha value is -3.61. The summed E-state index contributed by atoms with van der Waals surface area (Å²) in [6, 6.07) is 23.7. The molecule has 3 aromatic carbocycles. The Labute approximate surface area is 211 Å². The number of nitrogens with one attached hydrogen (secondary N) is 1. The second-order valence-electron chi connectivity index (χ2n) is 10.0. The topological polar surface area (TPSA) is 78.4 Å². The minimum absolute atomic E-state index is 0.0633. The first-order valence-electron chi connectivity index (χ1n) is 12.7. The molecular weight excluding hydrogens is 448 g/mol. The maximum atomic E-state index is 12.9. The van der Waals surface area contributed by atoms with Crippen LogP contribution in [0.15, 0.2) is 85.2 Å². The molecule has 1 fully saturated rings. The molecule has 1 spiro atoms. The molecule has 2 heterocycles. The lowest BCUT2D eigenvalue weighted by atomic mass is 9.72. The molecule has 0 bridgehead atoms. The molecule has 1 aliphatic heterocycles. The minimum Gasteiger partial charge on any atom is -0.390 e. The fourth-order valence-electron chi connectivity index (χ4n) is 6.13. The summed E-state index contributed by atoms with van der Waals surface area (Å²) in [5.74, 6) is -0.0633. The molecule has 6 nitrogen and oxygen atoms in total. The van der Waals surface area contributed by atoms with Gasteiger partial charge in [0.1, 0.15) is 0 Å². The molecule has 1 aliphatic carbocycles. The normalized spacial score (nSPS) is 20.9. The van der Waals surface area contributed by atoms with Gasteiger partial charge in [0.2, 0.25) is 5.91 Å². The number of aliphatic hydroxyl groups excluding tert-OH is 1. The molecule has 1 amide bonds. The number of benzene rings is 3. The van der Waals surface area contributed by atoms with Gasteiger partial charge in [0, 0.05) is 24.4 Å². The standard InChI is InChI=1S/C30H30N4O2/c35-26(19-21-7-2-1-3-8-21)33-28-23-10-4-5-11-24(23)30(29(28)36)13-17-34(18-14-30)20-22-9-6-12-25-27(22)32-16-15-31-25/h1-12,15-16,28-29,36H,13-14,17-20H2,(H,33,35)/t28-,29+/m1/s1. The lowest BCUT2D eigenvalue weighted by Gasteiger charge is -2.43. The van der Waals surface area contributed by atoms with Gasteiger partial charge < -0.3 is 10.4 Å². The predicted molar refractivity (Wildman–Crippen MR) is 139 cm³/mol. The van der Waals surface area contributed by atoms with Gasteiger partial charge in [0.25, 0.3) is 0 Å². The van der Waals surface area contributed by atoms with E-state index < -0.39 is 12.1 Å². The van der Waals surface area contributed by atoms with E-state index in [9.17, 15) is 9.90 Å². The van der Waals surface area contributed by atoms with Gasteiger partial charge in [-0.2, -0.15) is 0 Å². The number of hydrogen-bond donors (Lipinski definition) is 2. The summed E-state index contributed by atoms with van der Waals surface area (Å²) in [7, 11) is 0. The third-order valence-corrected chi connectivity index (χ3v) is 7.96. The quantitative estimate of drug-likeness (QED) is 0.454. The van der Waals surface area contributed by atoms with E-state index in [0.717, 1.165) is 54.6 Å². The van der Waals surface area contributed by atoms with Crippen molar-refractivity contribution in [1.29, 1.82) is 0 Å². The van der Waals surface area contributed by atoms with Gasteiger partial charge in [-0.1, -0.05) is 66.7 Å². The van der Waals surface area contributed by atoms with E-state index in [4.69, 9.17) is 0 Å². The highest BCUT2D eigenvalue weighted by Crippen LogP contribution is 2.51. The summed E-state index contributed by atoms with van der Waals surface area (Å²) in [4.78, 5) is 24.3. The Kier molecular flexibility index (Phi) is 5.99. The molecule has 0 saturated carbocycles. The summed E-state index contributed by atoms with van der Waals surface area (Å²) >= 11 is 0. The summed E-state index contributed by atoms with van der Waals surface area (Å²) in [5.41, 5.74) is 5.88. The number of nitrogens with zero attached hydrogens (tertiary/aromatic N) is 3. The van der Waals surface area contributed by atoms with Crippen LogP contribution in [-0.4, -0.2) is 45.1 Å². The van der Waals surface area contributed by atoms with Gasteiger partial charge >= 0.3 is 0 Å². The van der Waals surface area contributed by atoms with Crippen LogP contribution in [0.5, 0.6) is 0 Å². The first-order chi connectivity index (χ1) is 17.6. The molecule has 0 unspecified atom stereocenters. The Morgan fingerprint density at radius 2 is 1.69 bits per heavy atom. The van der Waals surface area contributed by atoms with Gasteiger partial charge in [0.05, 0.1) is 29.6 Å². The zero-order valence-electron chi connectivity index (χ0n) is 20.2. The van der Waals surface area contributed by atoms with Crippen LogP contribution >= 0.6 is 0 Å². The number of fused-ring (bicyclic) bond motifs is 3. The highest BCUT2D eigenvalue weighted by Gasteiger charge is 2.52. The average Bonchev–Trinajstić information content (AvgIpc) is 3.13. The predicted octanol–water partition coefficient (Wildman–Crippen LogP) is 3.94. The van der Waals surface area contributed by atoms with E-state index in [1.54, 1.807) is 12.4 Å². The number of rotatable bonds is 5. The molecule has 1 aromatic heterocycles. The molecule has 2 N–H and O–H groups in total. The lowest BCUT2D eigenvalue weighted by molar-refractivity contribution is -0.122. The molecule has 182 valence electrons. The maximum absolute atomic E-state index is 12.9. The highest BCUT2D eigenvalue weighted by atomic mass is 16.3. The number of para-hydroxylation sites is 1. The number of likely N-dealkylation sites (tertiary alicyclic amines) is 1. The van der Waals surface area contributed by atoms with Crippen LogP contribution < -0.4 is 5.32 Å². The zero-order valence-corrected chi connectivity index (χ0v) is 20.2. The molecular formula is C30H30N4O2. The van der Waals surface area contributed by atoms with E-state index in [1.807, 2.05) is 54.6 Å². The largest absolute Gasteiger partial charge is 0.390 e. The Morgan fingerprint density at radius 3 is 2.53 bits per heavy atom. The lowest BCUT2D eigenvalue weighted by Crippen LogP contribution is -2.49. The molecule has 36 heavy (non-hydrogen) atoms. The van der Waals surface area contributed by atoms with Crippen molar-refractivity contribution >= 4 is 16.9 Å². The van der Waals surface area contributed by atoms with Gasteiger partial charge in [-0.25, -0.2) is 0 Å². The Balaban J connectivity index is 1.19. The van der Waals surface area contributed by atoms with Crippen LogP contribution in [0.4, 0.5) is 0 Å². The minimum atomic E-state index is -0.653. The molecule has 2 aliphatic rings. The fraction of sp³-hybridized carbons (Fsp3) is 0.300. The van der Waals surface area contributed by atoms with Gasteiger partial charge in [0.15, 0.2) is 0 Å². The molecule has 1 saturated heterocycles. The number of hydrogen-bond acceptors (Lipinski definition) is 5. The van der Waals surface area contributed by atoms with Gasteiger partial charge in [-0.05, 0) is 54.3 Å². The number of amides is 1. The van der Waals surface area contributed by atoms with Crippen LogP contribution in [0.2, 0.25) is 0 Å². The number of piperidine rings is 1. The van der Waals surface area contributed by atoms with Crippen LogP contribution in [0.3, 0.4) is 0 Å². The van der Waals surface area contributed by atoms with Crippen molar-refractivity contribution in [3.63, 3.8) is 0 Å². The monoisotopic (exact) mass is 478 g/mol. The summed E-state index contributed by atoms with van der Waals surface area (Å²) < 4.78 is 0. The maximum Gasteiger partial charge on any atom is 0.224 e. The SMILES string of the molecule is O=C(Cc1ccccc1)N[C@@H]1c2ccccc2C2(CCN(Cc3cccc4nccnc34)CC2)[C@H]1O. The zero-order chi connectivity index (χ0) is 24.5. The van der Waals surface area contributed by atoms with E-state index in [-0.39, 0.29) is 11.3 Å². The van der Waals surface area contributed by atoms with Crippen molar-refractivity contribution in [2.24, 2.45) is 0 Å². The van der Waals surface area contributed by atoms with E-state index in [0.29, 0.717) is 6.42 Å².